The molecule has 0 aliphatic carbocycles. The quantitative estimate of drug-likeness (QED) is 0.630. The van der Waals surface area contributed by atoms with Gasteiger partial charge in [0.25, 0.3) is 0 Å². The topological polar surface area (TPSA) is 23.8 Å². The number of halogens is 2. The molecule has 0 spiro atoms. The summed E-state index contributed by atoms with van der Waals surface area (Å²) in [6.45, 7) is 1.43. The van der Waals surface area contributed by atoms with E-state index in [0.29, 0.717) is 13.9 Å². The summed E-state index contributed by atoms with van der Waals surface area (Å²) in [5.41, 5.74) is 0. The van der Waals surface area contributed by atoms with Crippen LogP contribution in [0.5, 0.6) is 0 Å². The molecule has 0 atom stereocenters. The van der Waals surface area contributed by atoms with E-state index >= 15 is 0 Å². The first-order valence-electron chi connectivity index (χ1n) is 0.963. The third kappa shape index (κ3) is 69.9. The fourth-order valence-corrected chi connectivity index (χ4v) is 0. The third-order valence-corrected chi connectivity index (χ3v) is 0. The molecule has 0 heterocycles. The van der Waals surface area contributed by atoms with Gasteiger partial charge in [-0.3, -0.25) is 0 Å². The molecular formula is C2H3Br2NPd. The molecule has 0 rings (SSSR count). The van der Waals surface area contributed by atoms with Crippen LogP contribution in [-0.2, 0) is 13.9 Å². The van der Waals surface area contributed by atoms with Crippen LogP contribution in [0.4, 0.5) is 0 Å². The minimum atomic E-state index is 0.575. The van der Waals surface area contributed by atoms with Crippen molar-refractivity contribution in [3.8, 4) is 6.07 Å². The minimum absolute atomic E-state index is 0.575. The molecule has 0 bridgehead atoms. The molecule has 4 heteroatoms. The molecule has 0 saturated heterocycles. The normalized spacial score (nSPS) is 5.00. The average Bonchev–Trinajstić information content (AvgIpc) is 1.39. The maximum absolute atomic E-state index is 7.32. The molecule has 1 nitrogen and oxygen atoms in total. The predicted octanol–water partition coefficient (Wildman–Crippen LogP) is 2.22. The van der Waals surface area contributed by atoms with Crippen LogP contribution >= 0.6 is 26.9 Å². The van der Waals surface area contributed by atoms with Crippen LogP contribution in [0.2, 0.25) is 0 Å². The van der Waals surface area contributed by atoms with Gasteiger partial charge in [-0.2, -0.15) is 5.26 Å². The average molecular weight is 307 g/mol. The zero-order valence-electron chi connectivity index (χ0n) is 3.02. The van der Waals surface area contributed by atoms with Crippen LogP contribution < -0.4 is 0 Å². The van der Waals surface area contributed by atoms with Gasteiger partial charge in [0, 0.05) is 6.92 Å². The van der Waals surface area contributed by atoms with Crippen molar-refractivity contribution in [1.82, 2.24) is 0 Å². The summed E-state index contributed by atoms with van der Waals surface area (Å²) >= 11 is 6.80. The van der Waals surface area contributed by atoms with Gasteiger partial charge in [0.1, 0.15) is 0 Å². The molecule has 0 amide bonds. The zero-order chi connectivity index (χ0) is 5.41. The van der Waals surface area contributed by atoms with Crippen molar-refractivity contribution < 1.29 is 13.9 Å². The number of hydrogen-bond acceptors (Lipinski definition) is 1. The van der Waals surface area contributed by atoms with E-state index in [1.165, 1.54) is 6.92 Å². The Kier molecular flexibility index (Phi) is 27.9. The second-order valence-corrected chi connectivity index (χ2v) is 7.44. The number of nitriles is 1. The Bertz CT molecular complexity index is 41.3. The summed E-state index contributed by atoms with van der Waals surface area (Å²) in [7, 11) is 0. The molecule has 0 saturated carbocycles. The van der Waals surface area contributed by atoms with Gasteiger partial charge in [0.15, 0.2) is 0 Å². The van der Waals surface area contributed by atoms with Crippen molar-refractivity contribution in [2.24, 2.45) is 0 Å². The predicted molar refractivity (Wildman–Crippen MR) is 29.1 cm³/mol. The van der Waals surface area contributed by atoms with Gasteiger partial charge in [-0.1, -0.05) is 0 Å². The summed E-state index contributed by atoms with van der Waals surface area (Å²) in [5, 5.41) is 7.32. The van der Waals surface area contributed by atoms with Crippen LogP contribution in [0.3, 0.4) is 0 Å². The Morgan fingerprint density at radius 2 is 1.67 bits per heavy atom. The van der Waals surface area contributed by atoms with E-state index < -0.39 is 0 Å². The van der Waals surface area contributed by atoms with E-state index in [0.717, 1.165) is 0 Å². The second kappa shape index (κ2) is 16.5. The molecule has 0 unspecified atom stereocenters. The Balaban J connectivity index is 0. The molecule has 40 valence electrons. The van der Waals surface area contributed by atoms with Crippen molar-refractivity contribution in [3.05, 3.63) is 0 Å². The summed E-state index contributed by atoms with van der Waals surface area (Å²) < 4.78 is 0. The van der Waals surface area contributed by atoms with E-state index in [2.05, 4.69) is 26.9 Å². The van der Waals surface area contributed by atoms with Gasteiger partial charge in [-0.25, -0.2) is 0 Å². The van der Waals surface area contributed by atoms with Crippen LogP contribution in [-0.4, -0.2) is 0 Å². The van der Waals surface area contributed by atoms with Crippen LogP contribution in [0, 0.1) is 11.3 Å². The summed E-state index contributed by atoms with van der Waals surface area (Å²) in [4.78, 5) is 0. The Morgan fingerprint density at radius 1 is 1.67 bits per heavy atom. The Labute approximate surface area is 58.7 Å². The molecule has 6 heavy (non-hydrogen) atoms. The van der Waals surface area contributed by atoms with Gasteiger partial charge in [0.05, 0.1) is 6.07 Å². The van der Waals surface area contributed by atoms with Crippen LogP contribution in [0.25, 0.3) is 0 Å². The first-order chi connectivity index (χ1) is 2.83. The molecule has 0 N–H and O–H groups in total. The van der Waals surface area contributed by atoms with Crippen LogP contribution in [0.1, 0.15) is 6.92 Å². The summed E-state index contributed by atoms with van der Waals surface area (Å²) in [5.74, 6) is 0. The zero-order valence-corrected chi connectivity index (χ0v) is 7.75. The monoisotopic (exact) mass is 305 g/mol. The van der Waals surface area contributed by atoms with Crippen molar-refractivity contribution in [2.45, 2.75) is 6.92 Å². The fraction of sp³-hybridized carbons (Fsp3) is 0.500. The first-order valence-corrected chi connectivity index (χ1v) is 8.07. The van der Waals surface area contributed by atoms with E-state index in [1.807, 2.05) is 0 Å². The SMILES string of the molecule is CC#N.[Br][Pd][Br]. The number of rotatable bonds is 0. The molecular weight excluding hydrogens is 304 g/mol. The van der Waals surface area contributed by atoms with Crippen molar-refractivity contribution in [1.29, 1.82) is 5.26 Å². The molecule has 0 aromatic rings. The van der Waals surface area contributed by atoms with E-state index in [9.17, 15) is 0 Å². The molecule has 0 radical (unpaired) electrons. The van der Waals surface area contributed by atoms with Gasteiger partial charge < -0.3 is 0 Å². The maximum atomic E-state index is 7.32. The van der Waals surface area contributed by atoms with E-state index in [4.69, 9.17) is 5.26 Å². The Hall–Kier alpha value is 1.11. The molecule has 0 aromatic heterocycles. The van der Waals surface area contributed by atoms with Gasteiger partial charge in [-0.05, 0) is 0 Å². The Morgan fingerprint density at radius 3 is 1.67 bits per heavy atom. The van der Waals surface area contributed by atoms with Gasteiger partial charge in [-0.15, -0.1) is 0 Å². The third-order valence-electron chi connectivity index (χ3n) is 0. The molecule has 0 fully saturated rings. The van der Waals surface area contributed by atoms with E-state index in [1.54, 1.807) is 6.07 Å². The van der Waals surface area contributed by atoms with Crippen molar-refractivity contribution >= 4 is 26.9 Å². The van der Waals surface area contributed by atoms with E-state index in [-0.39, 0.29) is 0 Å². The fourth-order valence-electron chi connectivity index (χ4n) is 0. The van der Waals surface area contributed by atoms with Crippen molar-refractivity contribution in [2.75, 3.05) is 0 Å². The summed E-state index contributed by atoms with van der Waals surface area (Å²) in [6, 6.07) is 1.75. The number of nitrogens with zero attached hydrogens (tertiary/aromatic N) is 1. The molecule has 0 aliphatic rings. The standard InChI is InChI=1S/C2H3N.2BrH.Pd/c1-2-3;;;/h1H3;2*1H;/q;;;+2/p-2. The van der Waals surface area contributed by atoms with Gasteiger partial charge >= 0.3 is 40.8 Å². The second-order valence-electron chi connectivity index (χ2n) is 0.269. The first kappa shape index (κ1) is 10.2. The van der Waals surface area contributed by atoms with Gasteiger partial charge in [0.2, 0.25) is 0 Å². The molecule has 0 aliphatic heterocycles. The number of hydrogen-bond donors (Lipinski definition) is 0. The summed E-state index contributed by atoms with van der Waals surface area (Å²) in [6.07, 6.45) is 0. The molecule has 0 aromatic carbocycles. The van der Waals surface area contributed by atoms with Crippen LogP contribution in [0.15, 0.2) is 0 Å². The van der Waals surface area contributed by atoms with Crippen molar-refractivity contribution in [3.63, 3.8) is 0 Å².